The summed E-state index contributed by atoms with van der Waals surface area (Å²) < 4.78 is 45.1. The van der Waals surface area contributed by atoms with Gasteiger partial charge in [0.05, 0.1) is 6.10 Å². The van der Waals surface area contributed by atoms with Gasteiger partial charge in [-0.3, -0.25) is 4.98 Å². The summed E-state index contributed by atoms with van der Waals surface area (Å²) in [5.74, 6) is 0.0741. The largest absolute Gasteiger partial charge is 0.447 e. The standard InChI is InChI=1S/C19H22F3N5O2/c1-12(2)29-18(28)27-9-5-14(6-10-27)24-16-11-15(19(20,21)22)25-17(26-16)13-3-7-23-8-4-13/h3-4,7-8,11-12,14H,5-6,9-10H2,1-2H3,(H,24,25,26). The average Bonchev–Trinajstić information content (AvgIpc) is 2.68. The Hall–Kier alpha value is -2.91. The molecule has 0 aliphatic carbocycles. The molecule has 29 heavy (non-hydrogen) atoms. The average molecular weight is 409 g/mol. The van der Waals surface area contributed by atoms with E-state index in [2.05, 4.69) is 20.3 Å². The fraction of sp³-hybridized carbons (Fsp3) is 0.474. The number of hydrogen-bond donors (Lipinski definition) is 1. The summed E-state index contributed by atoms with van der Waals surface area (Å²) in [6.07, 6.45) is -1.08. The van der Waals surface area contributed by atoms with Gasteiger partial charge in [-0.25, -0.2) is 14.8 Å². The first kappa shape index (κ1) is 20.8. The Bertz CT molecular complexity index is 837. The number of hydrogen-bond acceptors (Lipinski definition) is 6. The molecule has 3 heterocycles. The van der Waals surface area contributed by atoms with Crippen LogP contribution in [0.1, 0.15) is 32.4 Å². The summed E-state index contributed by atoms with van der Waals surface area (Å²) in [7, 11) is 0. The molecule has 0 saturated carbocycles. The molecule has 0 radical (unpaired) electrons. The molecule has 1 aliphatic heterocycles. The van der Waals surface area contributed by atoms with Gasteiger partial charge in [-0.1, -0.05) is 0 Å². The topological polar surface area (TPSA) is 80.2 Å². The number of likely N-dealkylation sites (tertiary alicyclic amines) is 1. The molecule has 2 aromatic heterocycles. The van der Waals surface area contributed by atoms with E-state index in [1.54, 1.807) is 30.9 Å². The van der Waals surface area contributed by atoms with Gasteiger partial charge in [-0.05, 0) is 38.8 Å². The van der Waals surface area contributed by atoms with E-state index in [0.29, 0.717) is 31.5 Å². The highest BCUT2D eigenvalue weighted by atomic mass is 19.4. The van der Waals surface area contributed by atoms with E-state index < -0.39 is 11.9 Å². The fourth-order valence-electron chi connectivity index (χ4n) is 2.99. The van der Waals surface area contributed by atoms with Gasteiger partial charge in [-0.15, -0.1) is 0 Å². The Morgan fingerprint density at radius 1 is 1.21 bits per heavy atom. The van der Waals surface area contributed by atoms with Crippen molar-refractivity contribution >= 4 is 11.9 Å². The van der Waals surface area contributed by atoms with Gasteiger partial charge in [0.15, 0.2) is 11.5 Å². The van der Waals surface area contributed by atoms with Gasteiger partial charge >= 0.3 is 12.3 Å². The number of nitrogens with one attached hydrogen (secondary N) is 1. The normalized spacial score (nSPS) is 15.4. The zero-order valence-corrected chi connectivity index (χ0v) is 16.1. The molecule has 0 bridgehead atoms. The van der Waals surface area contributed by atoms with Crippen LogP contribution >= 0.6 is 0 Å². The summed E-state index contributed by atoms with van der Waals surface area (Å²) in [4.78, 5) is 25.3. The maximum absolute atomic E-state index is 13.3. The molecule has 1 N–H and O–H groups in total. The van der Waals surface area contributed by atoms with Crippen LogP contribution in [-0.4, -0.2) is 51.2 Å². The maximum Gasteiger partial charge on any atom is 0.433 e. The van der Waals surface area contributed by atoms with Crippen LogP contribution in [0.3, 0.4) is 0 Å². The minimum Gasteiger partial charge on any atom is -0.447 e. The molecule has 1 saturated heterocycles. The first-order chi connectivity index (χ1) is 13.7. The van der Waals surface area contributed by atoms with Crippen LogP contribution in [0.5, 0.6) is 0 Å². The van der Waals surface area contributed by atoms with Crippen molar-refractivity contribution in [2.45, 2.75) is 45.0 Å². The molecule has 1 aliphatic rings. The number of alkyl halides is 3. The second-order valence-corrected chi connectivity index (χ2v) is 7.03. The van der Waals surface area contributed by atoms with Crippen LogP contribution in [0.2, 0.25) is 0 Å². The zero-order chi connectivity index (χ0) is 21.0. The zero-order valence-electron chi connectivity index (χ0n) is 16.1. The van der Waals surface area contributed by atoms with Crippen molar-refractivity contribution in [2.75, 3.05) is 18.4 Å². The first-order valence-corrected chi connectivity index (χ1v) is 9.31. The number of rotatable bonds is 4. The first-order valence-electron chi connectivity index (χ1n) is 9.31. The third kappa shape index (κ3) is 5.55. The van der Waals surface area contributed by atoms with Crippen LogP contribution in [0.15, 0.2) is 30.6 Å². The van der Waals surface area contributed by atoms with E-state index >= 15 is 0 Å². The number of pyridine rings is 1. The van der Waals surface area contributed by atoms with Crippen LogP contribution < -0.4 is 5.32 Å². The van der Waals surface area contributed by atoms with Gasteiger partial charge < -0.3 is 15.0 Å². The van der Waals surface area contributed by atoms with E-state index in [1.807, 2.05) is 0 Å². The van der Waals surface area contributed by atoms with E-state index in [4.69, 9.17) is 4.74 Å². The van der Waals surface area contributed by atoms with Crippen molar-refractivity contribution in [3.05, 3.63) is 36.3 Å². The molecule has 2 aromatic rings. The highest BCUT2D eigenvalue weighted by Gasteiger charge is 2.34. The van der Waals surface area contributed by atoms with Crippen LogP contribution in [0.25, 0.3) is 11.4 Å². The summed E-state index contributed by atoms with van der Waals surface area (Å²) >= 11 is 0. The molecule has 0 unspecified atom stereocenters. The number of halogens is 3. The molecule has 3 rings (SSSR count). The lowest BCUT2D eigenvalue weighted by Gasteiger charge is -2.32. The number of aromatic nitrogens is 3. The lowest BCUT2D eigenvalue weighted by atomic mass is 10.1. The third-order valence-corrected chi connectivity index (χ3v) is 4.40. The van der Waals surface area contributed by atoms with Crippen LogP contribution in [0, 0.1) is 0 Å². The second kappa shape index (κ2) is 8.62. The van der Waals surface area contributed by atoms with E-state index in [1.165, 1.54) is 12.4 Å². The summed E-state index contributed by atoms with van der Waals surface area (Å²) in [6, 6.07) is 3.90. The number of amides is 1. The number of carbonyl (C=O) groups is 1. The minimum atomic E-state index is -4.59. The molecular formula is C19H22F3N5O2. The minimum absolute atomic E-state index is 0.0253. The van der Waals surface area contributed by atoms with Crippen LogP contribution in [-0.2, 0) is 10.9 Å². The number of ether oxygens (including phenoxy) is 1. The van der Waals surface area contributed by atoms with Crippen molar-refractivity contribution in [3.8, 4) is 11.4 Å². The highest BCUT2D eigenvalue weighted by molar-refractivity contribution is 5.68. The Labute approximate surface area is 166 Å². The van der Waals surface area contributed by atoms with E-state index in [-0.39, 0.29) is 29.9 Å². The molecule has 0 spiro atoms. The highest BCUT2D eigenvalue weighted by Crippen LogP contribution is 2.31. The van der Waals surface area contributed by atoms with Gasteiger partial charge in [0.1, 0.15) is 5.82 Å². The van der Waals surface area contributed by atoms with Crippen molar-refractivity contribution in [1.82, 2.24) is 19.9 Å². The number of carbonyl (C=O) groups excluding carboxylic acids is 1. The predicted molar refractivity (Wildman–Crippen MR) is 100 cm³/mol. The van der Waals surface area contributed by atoms with E-state index in [0.717, 1.165) is 6.07 Å². The lowest BCUT2D eigenvalue weighted by molar-refractivity contribution is -0.141. The van der Waals surface area contributed by atoms with Gasteiger partial charge in [0.2, 0.25) is 0 Å². The predicted octanol–water partition coefficient (Wildman–Crippen LogP) is 3.98. The second-order valence-electron chi connectivity index (χ2n) is 7.03. The van der Waals surface area contributed by atoms with Crippen molar-refractivity contribution in [1.29, 1.82) is 0 Å². The van der Waals surface area contributed by atoms with E-state index in [9.17, 15) is 18.0 Å². The maximum atomic E-state index is 13.3. The molecule has 0 atom stereocenters. The molecule has 0 aromatic carbocycles. The third-order valence-electron chi connectivity index (χ3n) is 4.40. The lowest BCUT2D eigenvalue weighted by Crippen LogP contribution is -2.43. The SMILES string of the molecule is CC(C)OC(=O)N1CCC(Nc2cc(C(F)(F)F)nc(-c3ccncc3)n2)CC1. The summed E-state index contributed by atoms with van der Waals surface area (Å²) in [6.45, 7) is 4.47. The summed E-state index contributed by atoms with van der Waals surface area (Å²) in [5.41, 5.74) is -0.569. The Kier molecular flexibility index (Phi) is 6.19. The van der Waals surface area contributed by atoms with Crippen molar-refractivity contribution < 1.29 is 22.7 Å². The Balaban J connectivity index is 1.73. The van der Waals surface area contributed by atoms with Gasteiger partial charge in [0.25, 0.3) is 0 Å². The molecule has 7 nitrogen and oxygen atoms in total. The number of piperidine rings is 1. The molecule has 156 valence electrons. The fourth-order valence-corrected chi connectivity index (χ4v) is 2.99. The van der Waals surface area contributed by atoms with Crippen molar-refractivity contribution in [3.63, 3.8) is 0 Å². The Morgan fingerprint density at radius 3 is 2.45 bits per heavy atom. The van der Waals surface area contributed by atoms with Gasteiger partial charge in [-0.2, -0.15) is 13.2 Å². The number of nitrogens with zero attached hydrogens (tertiary/aromatic N) is 4. The molecule has 1 fully saturated rings. The van der Waals surface area contributed by atoms with Gasteiger partial charge in [0, 0.05) is 43.2 Å². The molecule has 1 amide bonds. The summed E-state index contributed by atoms with van der Waals surface area (Å²) in [5, 5.41) is 3.06. The monoisotopic (exact) mass is 409 g/mol. The molecular weight excluding hydrogens is 387 g/mol. The molecule has 10 heteroatoms. The Morgan fingerprint density at radius 2 is 1.86 bits per heavy atom. The van der Waals surface area contributed by atoms with Crippen LogP contribution in [0.4, 0.5) is 23.8 Å². The number of anilines is 1. The quantitative estimate of drug-likeness (QED) is 0.823. The smallest absolute Gasteiger partial charge is 0.433 e. The van der Waals surface area contributed by atoms with Crippen molar-refractivity contribution in [2.24, 2.45) is 0 Å².